The van der Waals surface area contributed by atoms with Crippen LogP contribution in [0.2, 0.25) is 0 Å². The van der Waals surface area contributed by atoms with E-state index in [1.807, 2.05) is 11.8 Å². The van der Waals surface area contributed by atoms with E-state index in [2.05, 4.69) is 19.2 Å². The van der Waals surface area contributed by atoms with Gasteiger partial charge in [-0.25, -0.2) is 0 Å². The maximum atomic E-state index is 5.48. The highest BCUT2D eigenvalue weighted by molar-refractivity contribution is 8.14. The molecule has 0 aromatic heterocycles. The molecule has 3 aliphatic rings. The fourth-order valence-electron chi connectivity index (χ4n) is 3.60. The van der Waals surface area contributed by atoms with Crippen LogP contribution in [0.5, 0.6) is 0 Å². The van der Waals surface area contributed by atoms with Gasteiger partial charge in [-0.2, -0.15) is 0 Å². The van der Waals surface area contributed by atoms with Crippen LogP contribution in [0.4, 0.5) is 0 Å². The molecule has 4 heteroatoms. The minimum atomic E-state index is 0.285. The smallest absolute Gasteiger partial charge is 0.157 e. The van der Waals surface area contributed by atoms with Crippen molar-refractivity contribution < 1.29 is 4.74 Å². The molecule has 0 bridgehead atoms. The molecule has 1 aliphatic carbocycles. The molecule has 3 nitrogen and oxygen atoms in total. The third-order valence-corrected chi connectivity index (χ3v) is 6.15. The molecule has 0 aromatic carbocycles. The molecule has 1 N–H and O–H groups in total. The summed E-state index contributed by atoms with van der Waals surface area (Å²) < 4.78 is 5.48. The predicted molar refractivity (Wildman–Crippen MR) is 81.8 cm³/mol. The molecule has 1 saturated carbocycles. The normalized spacial score (nSPS) is 40.5. The van der Waals surface area contributed by atoms with Crippen LogP contribution in [0, 0.1) is 11.8 Å². The van der Waals surface area contributed by atoms with E-state index in [0.29, 0.717) is 6.04 Å². The van der Waals surface area contributed by atoms with Gasteiger partial charge in [-0.1, -0.05) is 25.6 Å². The van der Waals surface area contributed by atoms with E-state index in [1.54, 1.807) is 0 Å². The molecule has 2 heterocycles. The molecule has 19 heavy (non-hydrogen) atoms. The van der Waals surface area contributed by atoms with Gasteiger partial charge in [0.2, 0.25) is 0 Å². The highest BCUT2D eigenvalue weighted by atomic mass is 32.2. The lowest BCUT2D eigenvalue weighted by Gasteiger charge is -2.33. The van der Waals surface area contributed by atoms with E-state index in [-0.39, 0.29) is 5.54 Å². The van der Waals surface area contributed by atoms with E-state index < -0.39 is 0 Å². The molecule has 3 atom stereocenters. The lowest BCUT2D eigenvalue weighted by atomic mass is 9.80. The molecule has 0 radical (unpaired) electrons. The number of nitrogens with one attached hydrogen (secondary N) is 1. The number of nitrogens with zero attached hydrogens (tertiary/aromatic N) is 1. The van der Waals surface area contributed by atoms with Gasteiger partial charge >= 0.3 is 0 Å². The fourth-order valence-corrected chi connectivity index (χ4v) is 4.87. The fraction of sp³-hybridized carbons (Fsp3) is 0.933. The molecule has 3 rings (SSSR count). The van der Waals surface area contributed by atoms with E-state index in [4.69, 9.17) is 9.73 Å². The van der Waals surface area contributed by atoms with Gasteiger partial charge in [0, 0.05) is 19.0 Å². The minimum Gasteiger partial charge on any atom is -0.381 e. The van der Waals surface area contributed by atoms with Crippen LogP contribution in [-0.2, 0) is 4.74 Å². The number of aliphatic imine (C=N–C) groups is 1. The molecular formula is C15H26N2OS. The molecule has 2 aliphatic heterocycles. The van der Waals surface area contributed by atoms with Gasteiger partial charge in [0.25, 0.3) is 0 Å². The van der Waals surface area contributed by atoms with Crippen molar-refractivity contribution in [2.75, 3.05) is 19.0 Å². The first-order chi connectivity index (χ1) is 9.17. The lowest BCUT2D eigenvalue weighted by molar-refractivity contribution is 0.0555. The van der Waals surface area contributed by atoms with Crippen LogP contribution < -0.4 is 5.32 Å². The second kappa shape index (κ2) is 5.65. The standard InChI is InChI=1S/C15H26N2OS/c1-11-3-4-13(12(2)9-11)16-14-17-15(10-19-14)5-7-18-8-6-15/h11-13H,3-10H2,1-2H3,(H,16,17). The van der Waals surface area contributed by atoms with Gasteiger partial charge < -0.3 is 10.1 Å². The van der Waals surface area contributed by atoms with Crippen molar-refractivity contribution in [2.45, 2.75) is 57.5 Å². The quantitative estimate of drug-likeness (QED) is 0.802. The summed E-state index contributed by atoms with van der Waals surface area (Å²) in [4.78, 5) is 5.03. The average molecular weight is 282 g/mol. The zero-order valence-corrected chi connectivity index (χ0v) is 13.0. The van der Waals surface area contributed by atoms with E-state index >= 15 is 0 Å². The van der Waals surface area contributed by atoms with E-state index in [1.165, 1.54) is 30.2 Å². The average Bonchev–Trinajstić information content (AvgIpc) is 2.77. The summed E-state index contributed by atoms with van der Waals surface area (Å²) in [5, 5.41) is 4.92. The maximum Gasteiger partial charge on any atom is 0.157 e. The highest BCUT2D eigenvalue weighted by Crippen LogP contribution is 2.35. The number of hydrogen-bond donors (Lipinski definition) is 1. The Balaban J connectivity index is 1.62. The van der Waals surface area contributed by atoms with Crippen LogP contribution >= 0.6 is 11.8 Å². The van der Waals surface area contributed by atoms with Crippen molar-refractivity contribution in [2.24, 2.45) is 16.8 Å². The zero-order valence-electron chi connectivity index (χ0n) is 12.2. The van der Waals surface area contributed by atoms with E-state index in [0.717, 1.165) is 37.9 Å². The predicted octanol–water partition coefficient (Wildman–Crippen LogP) is 3.05. The summed E-state index contributed by atoms with van der Waals surface area (Å²) in [6, 6.07) is 0.543. The van der Waals surface area contributed by atoms with Crippen LogP contribution in [0.15, 0.2) is 4.99 Å². The first-order valence-corrected chi connectivity index (χ1v) is 8.72. The number of thioether (sulfide) groups is 1. The molecule has 108 valence electrons. The van der Waals surface area contributed by atoms with Crippen molar-refractivity contribution in [1.29, 1.82) is 0 Å². The number of ether oxygens (including phenoxy) is 1. The summed E-state index contributed by atoms with van der Waals surface area (Å²) in [5.41, 5.74) is 0.285. The summed E-state index contributed by atoms with van der Waals surface area (Å²) in [7, 11) is 0. The van der Waals surface area contributed by atoms with Crippen molar-refractivity contribution >= 4 is 16.9 Å². The van der Waals surface area contributed by atoms with Crippen molar-refractivity contribution in [3.63, 3.8) is 0 Å². The number of hydrogen-bond acceptors (Lipinski definition) is 3. The Morgan fingerprint density at radius 2 is 2.05 bits per heavy atom. The van der Waals surface area contributed by atoms with Crippen LogP contribution in [0.1, 0.15) is 46.0 Å². The summed E-state index contributed by atoms with van der Waals surface area (Å²) in [6.07, 6.45) is 6.22. The Labute approximate surface area is 121 Å². The first-order valence-electron chi connectivity index (χ1n) is 7.73. The number of amidine groups is 1. The molecule has 3 unspecified atom stereocenters. The maximum absolute atomic E-state index is 5.48. The monoisotopic (exact) mass is 282 g/mol. The first kappa shape index (κ1) is 13.7. The second-order valence-corrected chi connectivity index (χ2v) is 7.67. The van der Waals surface area contributed by atoms with Crippen molar-refractivity contribution in [3.05, 3.63) is 0 Å². The Hall–Kier alpha value is -0.220. The van der Waals surface area contributed by atoms with Gasteiger partial charge in [0.15, 0.2) is 5.17 Å². The molecule has 0 amide bonds. The van der Waals surface area contributed by atoms with Crippen molar-refractivity contribution in [3.8, 4) is 0 Å². The molecule has 2 saturated heterocycles. The van der Waals surface area contributed by atoms with Gasteiger partial charge in [-0.3, -0.25) is 4.99 Å². The molecule has 1 spiro atoms. The molecule has 0 aromatic rings. The Kier molecular flexibility index (Phi) is 4.08. The topological polar surface area (TPSA) is 33.6 Å². The van der Waals surface area contributed by atoms with Crippen LogP contribution in [0.25, 0.3) is 0 Å². The summed E-state index contributed by atoms with van der Waals surface area (Å²) in [6.45, 7) is 6.55. The van der Waals surface area contributed by atoms with Crippen LogP contribution in [-0.4, -0.2) is 35.7 Å². The summed E-state index contributed by atoms with van der Waals surface area (Å²) in [5.74, 6) is 2.80. The Bertz CT molecular complexity index is 352. The minimum absolute atomic E-state index is 0.285. The lowest BCUT2D eigenvalue weighted by Crippen LogP contribution is -2.48. The van der Waals surface area contributed by atoms with Gasteiger partial charge in [0.1, 0.15) is 0 Å². The molecular weight excluding hydrogens is 256 g/mol. The number of rotatable bonds is 1. The third kappa shape index (κ3) is 3.10. The largest absolute Gasteiger partial charge is 0.381 e. The molecule has 3 fully saturated rings. The van der Waals surface area contributed by atoms with Crippen molar-refractivity contribution in [1.82, 2.24) is 5.32 Å². The summed E-state index contributed by atoms with van der Waals surface area (Å²) >= 11 is 1.93. The highest BCUT2D eigenvalue weighted by Gasteiger charge is 2.39. The SMILES string of the molecule is CC1CCC(N=C2NC3(CCOCC3)CS2)C(C)C1. The Morgan fingerprint density at radius 1 is 1.26 bits per heavy atom. The Morgan fingerprint density at radius 3 is 2.79 bits per heavy atom. The second-order valence-electron chi connectivity index (χ2n) is 6.70. The third-order valence-electron chi connectivity index (χ3n) is 4.98. The van der Waals surface area contributed by atoms with Crippen LogP contribution in [0.3, 0.4) is 0 Å². The zero-order chi connectivity index (χ0) is 13.3. The van der Waals surface area contributed by atoms with Gasteiger partial charge in [-0.05, 0) is 43.9 Å². The van der Waals surface area contributed by atoms with Gasteiger partial charge in [0.05, 0.1) is 11.6 Å². The van der Waals surface area contributed by atoms with Gasteiger partial charge in [-0.15, -0.1) is 0 Å². The van der Waals surface area contributed by atoms with E-state index in [9.17, 15) is 0 Å².